The number of rotatable bonds is 3. The van der Waals surface area contributed by atoms with E-state index in [4.69, 9.17) is 0 Å². The molecular weight excluding hydrogens is 565 g/mol. The second kappa shape index (κ2) is 9.43. The molecule has 10 rings (SSSR count). The van der Waals surface area contributed by atoms with Crippen LogP contribution in [0.1, 0.15) is 0 Å². The van der Waals surface area contributed by atoms with Gasteiger partial charge in [-0.05, 0) is 65.7 Å². The lowest BCUT2D eigenvalue weighted by atomic mass is 10.1. The van der Waals surface area contributed by atoms with Gasteiger partial charge in [0, 0.05) is 53.1 Å². The number of benzene rings is 7. The van der Waals surface area contributed by atoms with E-state index in [1.807, 2.05) is 11.3 Å². The smallest absolute Gasteiger partial charge is 0.0634 e. The standard InChI is InChI=1S/C42H26N2S/c1-3-12-27(13-4-1)28-14-11-17-30(24-28)43-36-20-9-7-18-31(36)34-25-35-32-22-23-40-41(33-19-8-10-21-39(33)45-40)42(32)44(38(35)26-37(34)43)29-15-5-2-6-16-29/h1-26H. The van der Waals surface area contributed by atoms with Gasteiger partial charge >= 0.3 is 0 Å². The highest BCUT2D eigenvalue weighted by Gasteiger charge is 2.21. The molecular formula is C42H26N2S. The van der Waals surface area contributed by atoms with Gasteiger partial charge < -0.3 is 9.13 Å². The van der Waals surface area contributed by atoms with Gasteiger partial charge in [-0.25, -0.2) is 0 Å². The minimum absolute atomic E-state index is 1.16. The number of hydrogen-bond donors (Lipinski definition) is 0. The Labute approximate surface area is 263 Å². The predicted octanol–water partition coefficient (Wildman–Crippen LogP) is 11.9. The Bertz CT molecular complexity index is 2740. The van der Waals surface area contributed by atoms with Crippen LogP contribution in [0, 0.1) is 0 Å². The first kappa shape index (κ1) is 24.8. The summed E-state index contributed by atoms with van der Waals surface area (Å²) >= 11 is 1.88. The lowest BCUT2D eigenvalue weighted by Gasteiger charge is -2.12. The SMILES string of the molecule is c1ccc(-c2cccc(-n3c4ccccc4c4cc5c6ccc7sc8ccccc8c7c6n(-c6ccccc6)c5cc43)c2)cc1. The predicted molar refractivity (Wildman–Crippen MR) is 193 cm³/mol. The summed E-state index contributed by atoms with van der Waals surface area (Å²) in [6.45, 7) is 0. The van der Waals surface area contributed by atoms with E-state index in [0.717, 1.165) is 5.69 Å². The maximum atomic E-state index is 2.49. The van der Waals surface area contributed by atoms with Crippen molar-refractivity contribution in [2.75, 3.05) is 0 Å². The highest BCUT2D eigenvalue weighted by molar-refractivity contribution is 7.26. The first-order chi connectivity index (χ1) is 22.3. The molecule has 0 fully saturated rings. The van der Waals surface area contributed by atoms with E-state index >= 15 is 0 Å². The van der Waals surface area contributed by atoms with Crippen LogP contribution in [0.15, 0.2) is 158 Å². The van der Waals surface area contributed by atoms with Crippen molar-refractivity contribution in [2.45, 2.75) is 0 Å². The van der Waals surface area contributed by atoms with Crippen molar-refractivity contribution >= 4 is 75.1 Å². The van der Waals surface area contributed by atoms with E-state index in [-0.39, 0.29) is 0 Å². The van der Waals surface area contributed by atoms with Gasteiger partial charge in [0.15, 0.2) is 0 Å². The second-order valence-corrected chi connectivity index (χ2v) is 12.8. The number of para-hydroxylation sites is 2. The van der Waals surface area contributed by atoms with Gasteiger partial charge in [-0.3, -0.25) is 0 Å². The number of nitrogens with zero attached hydrogens (tertiary/aromatic N) is 2. The van der Waals surface area contributed by atoms with Gasteiger partial charge in [0.05, 0.1) is 22.1 Å². The van der Waals surface area contributed by atoms with Crippen LogP contribution in [0.2, 0.25) is 0 Å². The second-order valence-electron chi connectivity index (χ2n) is 11.8. The molecule has 10 aromatic rings. The summed E-state index contributed by atoms with van der Waals surface area (Å²) in [6.07, 6.45) is 0. The third-order valence-electron chi connectivity index (χ3n) is 9.29. The topological polar surface area (TPSA) is 9.86 Å². The normalized spacial score (nSPS) is 12.0. The van der Waals surface area contributed by atoms with Crippen LogP contribution in [-0.4, -0.2) is 9.13 Å². The van der Waals surface area contributed by atoms with E-state index in [0.29, 0.717) is 0 Å². The zero-order chi connectivity index (χ0) is 29.5. The fourth-order valence-electron chi connectivity index (χ4n) is 7.35. The minimum Gasteiger partial charge on any atom is -0.309 e. The van der Waals surface area contributed by atoms with Gasteiger partial charge in [0.25, 0.3) is 0 Å². The molecule has 0 aliphatic rings. The van der Waals surface area contributed by atoms with E-state index in [2.05, 4.69) is 167 Å². The molecule has 3 heterocycles. The van der Waals surface area contributed by atoms with Gasteiger partial charge in [-0.2, -0.15) is 0 Å². The molecule has 2 nitrogen and oxygen atoms in total. The molecule has 0 saturated heterocycles. The number of fused-ring (bicyclic) bond motifs is 10. The van der Waals surface area contributed by atoms with Gasteiger partial charge in [-0.15, -0.1) is 11.3 Å². The van der Waals surface area contributed by atoms with Crippen LogP contribution in [0.25, 0.3) is 86.3 Å². The maximum Gasteiger partial charge on any atom is 0.0634 e. The van der Waals surface area contributed by atoms with Crippen LogP contribution < -0.4 is 0 Å². The van der Waals surface area contributed by atoms with Crippen molar-refractivity contribution in [2.24, 2.45) is 0 Å². The molecule has 0 bridgehead atoms. The van der Waals surface area contributed by atoms with E-state index in [1.165, 1.54) is 80.6 Å². The highest BCUT2D eigenvalue weighted by Crippen LogP contribution is 2.45. The Morgan fingerprint density at radius 3 is 1.89 bits per heavy atom. The minimum atomic E-state index is 1.16. The molecule has 0 N–H and O–H groups in total. The average molecular weight is 591 g/mol. The van der Waals surface area contributed by atoms with Gasteiger partial charge in [0.2, 0.25) is 0 Å². The zero-order valence-electron chi connectivity index (χ0n) is 24.3. The van der Waals surface area contributed by atoms with Crippen molar-refractivity contribution in [3.63, 3.8) is 0 Å². The summed E-state index contributed by atoms with van der Waals surface area (Å²) in [5.41, 5.74) is 9.69. The van der Waals surface area contributed by atoms with Gasteiger partial charge in [-0.1, -0.05) is 103 Å². The monoisotopic (exact) mass is 590 g/mol. The molecule has 0 spiro atoms. The molecule has 45 heavy (non-hydrogen) atoms. The highest BCUT2D eigenvalue weighted by atomic mass is 32.1. The first-order valence-corrected chi connectivity index (χ1v) is 16.2. The van der Waals surface area contributed by atoms with Crippen LogP contribution in [0.3, 0.4) is 0 Å². The van der Waals surface area contributed by atoms with Crippen LogP contribution in [0.5, 0.6) is 0 Å². The molecule has 0 saturated carbocycles. The molecule has 0 atom stereocenters. The molecule has 210 valence electrons. The van der Waals surface area contributed by atoms with Crippen LogP contribution >= 0.6 is 11.3 Å². The summed E-state index contributed by atoms with van der Waals surface area (Å²) < 4.78 is 7.58. The average Bonchev–Trinajstić information content (AvgIpc) is 3.75. The number of thiophene rings is 1. The van der Waals surface area contributed by atoms with Crippen molar-refractivity contribution in [3.05, 3.63) is 158 Å². The molecule has 0 amide bonds. The molecule has 0 aliphatic carbocycles. The van der Waals surface area contributed by atoms with Crippen molar-refractivity contribution in [1.82, 2.24) is 9.13 Å². The van der Waals surface area contributed by atoms with Crippen molar-refractivity contribution in [1.29, 1.82) is 0 Å². The van der Waals surface area contributed by atoms with Gasteiger partial charge in [0.1, 0.15) is 0 Å². The van der Waals surface area contributed by atoms with E-state index < -0.39 is 0 Å². The third-order valence-corrected chi connectivity index (χ3v) is 10.4. The maximum absolute atomic E-state index is 2.49. The summed E-state index contributed by atoms with van der Waals surface area (Å²) in [4.78, 5) is 0. The third kappa shape index (κ3) is 3.56. The Balaban J connectivity index is 1.37. The quantitative estimate of drug-likeness (QED) is 0.194. The first-order valence-electron chi connectivity index (χ1n) is 15.4. The summed E-state index contributed by atoms with van der Waals surface area (Å²) in [5, 5.41) is 7.75. The Kier molecular flexibility index (Phi) is 5.19. The zero-order valence-corrected chi connectivity index (χ0v) is 25.1. The van der Waals surface area contributed by atoms with Crippen molar-refractivity contribution < 1.29 is 0 Å². The van der Waals surface area contributed by atoms with Crippen molar-refractivity contribution in [3.8, 4) is 22.5 Å². The fraction of sp³-hybridized carbons (Fsp3) is 0. The molecule has 0 aliphatic heterocycles. The lowest BCUT2D eigenvalue weighted by Crippen LogP contribution is -1.96. The molecule has 0 radical (unpaired) electrons. The number of hydrogen-bond acceptors (Lipinski definition) is 1. The largest absolute Gasteiger partial charge is 0.309 e. The summed E-state index contributed by atoms with van der Waals surface area (Å²) in [7, 11) is 0. The summed E-state index contributed by atoms with van der Waals surface area (Å²) in [6, 6.07) is 57.6. The molecule has 7 aromatic carbocycles. The fourth-order valence-corrected chi connectivity index (χ4v) is 8.46. The molecule has 3 heteroatoms. The van der Waals surface area contributed by atoms with E-state index in [1.54, 1.807) is 0 Å². The lowest BCUT2D eigenvalue weighted by molar-refractivity contribution is 1.17. The van der Waals surface area contributed by atoms with E-state index in [9.17, 15) is 0 Å². The van der Waals surface area contributed by atoms with Crippen LogP contribution in [0.4, 0.5) is 0 Å². The Morgan fingerprint density at radius 1 is 0.356 bits per heavy atom. The number of aromatic nitrogens is 2. The molecule has 3 aromatic heterocycles. The Hall–Kier alpha value is -5.64. The van der Waals surface area contributed by atoms with Crippen LogP contribution in [-0.2, 0) is 0 Å². The Morgan fingerprint density at radius 2 is 1.02 bits per heavy atom. The summed E-state index contributed by atoms with van der Waals surface area (Å²) in [5.74, 6) is 0. The molecule has 0 unspecified atom stereocenters.